The van der Waals surface area contributed by atoms with Gasteiger partial charge in [0.25, 0.3) is 5.69 Å². The zero-order valence-electron chi connectivity index (χ0n) is 10.2. The average Bonchev–Trinajstić information content (AvgIpc) is 2.48. The summed E-state index contributed by atoms with van der Waals surface area (Å²) in [6, 6.07) is 5.90. The highest BCUT2D eigenvalue weighted by Crippen LogP contribution is 2.10. The lowest BCUT2D eigenvalue weighted by atomic mass is 10.2. The van der Waals surface area contributed by atoms with E-state index in [2.05, 4.69) is 20.2 Å². The molecule has 0 fully saturated rings. The van der Waals surface area contributed by atoms with Crippen LogP contribution >= 0.6 is 0 Å². The summed E-state index contributed by atoms with van der Waals surface area (Å²) in [5, 5.41) is 18.1. The van der Waals surface area contributed by atoms with Crippen molar-refractivity contribution in [1.82, 2.24) is 9.97 Å². The highest BCUT2D eigenvalue weighted by atomic mass is 16.6. The molecule has 1 aromatic carbocycles. The molecule has 0 bridgehead atoms. The lowest BCUT2D eigenvalue weighted by Gasteiger charge is -1.95. The van der Waals surface area contributed by atoms with Crippen molar-refractivity contribution in [2.75, 3.05) is 0 Å². The zero-order chi connectivity index (χ0) is 14.4. The summed E-state index contributed by atoms with van der Waals surface area (Å²) in [7, 11) is 0. The third-order valence-corrected chi connectivity index (χ3v) is 2.30. The molecule has 20 heavy (non-hydrogen) atoms. The zero-order valence-corrected chi connectivity index (χ0v) is 10.2. The number of nitrogens with two attached hydrogens (primary N) is 1. The summed E-state index contributed by atoms with van der Waals surface area (Å²) >= 11 is 0. The molecule has 0 saturated carbocycles. The molecule has 0 aliphatic heterocycles. The Labute approximate surface area is 113 Å². The second-order valence-electron chi connectivity index (χ2n) is 3.67. The van der Waals surface area contributed by atoms with Gasteiger partial charge in [0.1, 0.15) is 5.69 Å². The minimum Gasteiger partial charge on any atom is -0.380 e. The van der Waals surface area contributed by atoms with E-state index in [4.69, 9.17) is 5.73 Å². The van der Waals surface area contributed by atoms with Crippen molar-refractivity contribution in [2.45, 2.75) is 0 Å². The van der Waals surface area contributed by atoms with Gasteiger partial charge in [0, 0.05) is 24.5 Å². The largest absolute Gasteiger partial charge is 0.380 e. The third-order valence-electron chi connectivity index (χ3n) is 2.30. The second kappa shape index (κ2) is 6.14. The highest BCUT2D eigenvalue weighted by molar-refractivity contribution is 5.95. The summed E-state index contributed by atoms with van der Waals surface area (Å²) in [6.07, 6.45) is 5.93. The number of amidine groups is 1. The fraction of sp³-hybridized carbons (Fsp3) is 0. The van der Waals surface area contributed by atoms with Gasteiger partial charge in [0.2, 0.25) is 0 Å². The van der Waals surface area contributed by atoms with Crippen LogP contribution in [0.25, 0.3) is 0 Å². The number of nitro benzene ring substituents is 1. The van der Waals surface area contributed by atoms with Crippen LogP contribution in [0.1, 0.15) is 11.3 Å². The Morgan fingerprint density at radius 2 is 2.05 bits per heavy atom. The van der Waals surface area contributed by atoms with Gasteiger partial charge in [0.15, 0.2) is 5.84 Å². The molecule has 2 N–H and O–H groups in total. The van der Waals surface area contributed by atoms with Gasteiger partial charge >= 0.3 is 0 Å². The molecule has 8 nitrogen and oxygen atoms in total. The normalized spacial score (nSPS) is 11.7. The van der Waals surface area contributed by atoms with Gasteiger partial charge in [0.05, 0.1) is 17.3 Å². The molecule has 1 heterocycles. The predicted octanol–water partition coefficient (Wildman–Crippen LogP) is 1.12. The number of hydrogen-bond donors (Lipinski definition) is 1. The Hall–Kier alpha value is -3.16. The summed E-state index contributed by atoms with van der Waals surface area (Å²) in [6.45, 7) is 0. The van der Waals surface area contributed by atoms with E-state index in [-0.39, 0.29) is 11.5 Å². The van der Waals surface area contributed by atoms with Crippen molar-refractivity contribution >= 4 is 17.7 Å². The van der Waals surface area contributed by atoms with Crippen molar-refractivity contribution in [3.63, 3.8) is 0 Å². The molecule has 0 aliphatic carbocycles. The van der Waals surface area contributed by atoms with Gasteiger partial charge in [-0.1, -0.05) is 0 Å². The molecule has 0 atom stereocenters. The maximum absolute atomic E-state index is 10.5. The van der Waals surface area contributed by atoms with Gasteiger partial charge in [-0.15, -0.1) is 5.10 Å². The van der Waals surface area contributed by atoms with Crippen LogP contribution in [0.2, 0.25) is 0 Å². The van der Waals surface area contributed by atoms with Crippen LogP contribution in [0.3, 0.4) is 0 Å². The van der Waals surface area contributed by atoms with Crippen LogP contribution < -0.4 is 5.73 Å². The quantitative estimate of drug-likeness (QED) is 0.386. The first kappa shape index (κ1) is 13.3. The summed E-state index contributed by atoms with van der Waals surface area (Å²) in [4.78, 5) is 17.9. The van der Waals surface area contributed by atoms with Crippen molar-refractivity contribution < 1.29 is 4.92 Å². The molecular formula is C12H10N6O2. The fourth-order valence-corrected chi connectivity index (χ4v) is 1.32. The molecule has 1 aromatic heterocycles. The van der Waals surface area contributed by atoms with E-state index in [1.54, 1.807) is 12.1 Å². The first-order valence-electron chi connectivity index (χ1n) is 5.54. The van der Waals surface area contributed by atoms with Crippen LogP contribution in [0.15, 0.2) is 53.1 Å². The molecule has 2 aromatic rings. The smallest absolute Gasteiger partial charge is 0.269 e. The highest BCUT2D eigenvalue weighted by Gasteiger charge is 2.02. The Balaban J connectivity index is 2.08. The summed E-state index contributed by atoms with van der Waals surface area (Å²) in [5.41, 5.74) is 6.78. The van der Waals surface area contributed by atoms with E-state index in [9.17, 15) is 10.1 Å². The number of nitrogens with zero attached hydrogens (tertiary/aromatic N) is 5. The van der Waals surface area contributed by atoms with Gasteiger partial charge in [-0.05, 0) is 17.7 Å². The Bertz CT molecular complexity index is 651. The fourth-order valence-electron chi connectivity index (χ4n) is 1.32. The predicted molar refractivity (Wildman–Crippen MR) is 73.4 cm³/mol. The Morgan fingerprint density at radius 1 is 1.30 bits per heavy atom. The minimum atomic E-state index is -0.467. The Morgan fingerprint density at radius 3 is 2.65 bits per heavy atom. The van der Waals surface area contributed by atoms with Crippen LogP contribution in [-0.2, 0) is 0 Å². The number of rotatable bonds is 4. The maximum Gasteiger partial charge on any atom is 0.269 e. The molecule has 0 amide bonds. The number of aromatic nitrogens is 2. The number of benzene rings is 1. The lowest BCUT2D eigenvalue weighted by molar-refractivity contribution is -0.384. The molecule has 8 heteroatoms. The summed E-state index contributed by atoms with van der Waals surface area (Å²) in [5.74, 6) is 0.135. The number of nitro groups is 1. The molecule has 0 unspecified atom stereocenters. The Kier molecular flexibility index (Phi) is 4.07. The van der Waals surface area contributed by atoms with Crippen molar-refractivity contribution in [1.29, 1.82) is 0 Å². The van der Waals surface area contributed by atoms with Crippen LogP contribution in [-0.4, -0.2) is 26.9 Å². The molecule has 100 valence electrons. The van der Waals surface area contributed by atoms with E-state index < -0.39 is 4.92 Å². The number of hydrogen-bond acceptors (Lipinski definition) is 6. The van der Waals surface area contributed by atoms with Crippen molar-refractivity contribution in [3.05, 3.63) is 64.2 Å². The topological polar surface area (TPSA) is 120 Å². The van der Waals surface area contributed by atoms with Gasteiger partial charge < -0.3 is 5.73 Å². The molecule has 2 rings (SSSR count). The van der Waals surface area contributed by atoms with E-state index in [0.717, 1.165) is 0 Å². The first-order chi connectivity index (χ1) is 9.66. The SMILES string of the molecule is N/C(=N\N=C\c1ccc([N+](=O)[O-])cc1)c1cnccn1. The van der Waals surface area contributed by atoms with Gasteiger partial charge in [-0.3, -0.25) is 15.1 Å². The van der Waals surface area contributed by atoms with E-state index in [1.165, 1.54) is 36.9 Å². The molecule has 0 saturated heterocycles. The molecule has 0 spiro atoms. The lowest BCUT2D eigenvalue weighted by Crippen LogP contribution is -2.14. The molecule has 0 radical (unpaired) electrons. The maximum atomic E-state index is 10.5. The van der Waals surface area contributed by atoms with E-state index in [1.807, 2.05) is 0 Å². The monoisotopic (exact) mass is 270 g/mol. The van der Waals surface area contributed by atoms with E-state index in [0.29, 0.717) is 11.3 Å². The van der Waals surface area contributed by atoms with Gasteiger partial charge in [-0.25, -0.2) is 4.98 Å². The molecular weight excluding hydrogens is 260 g/mol. The van der Waals surface area contributed by atoms with Crippen LogP contribution in [0, 0.1) is 10.1 Å². The second-order valence-corrected chi connectivity index (χ2v) is 3.67. The summed E-state index contributed by atoms with van der Waals surface area (Å²) < 4.78 is 0. The van der Waals surface area contributed by atoms with Crippen molar-refractivity contribution in [2.24, 2.45) is 15.9 Å². The standard InChI is InChI=1S/C12H10N6O2/c13-12(11-8-14-5-6-15-11)17-16-7-9-1-3-10(4-2-9)18(19)20/h1-8H,(H2,13,17)/b16-7+. The van der Waals surface area contributed by atoms with Crippen molar-refractivity contribution in [3.8, 4) is 0 Å². The van der Waals surface area contributed by atoms with E-state index >= 15 is 0 Å². The minimum absolute atomic E-state index is 0.0183. The first-order valence-corrected chi connectivity index (χ1v) is 5.54. The van der Waals surface area contributed by atoms with Gasteiger partial charge in [-0.2, -0.15) is 5.10 Å². The van der Waals surface area contributed by atoms with Crippen LogP contribution in [0.4, 0.5) is 5.69 Å². The average molecular weight is 270 g/mol. The number of non-ortho nitro benzene ring substituents is 1. The molecule has 0 aliphatic rings. The third kappa shape index (κ3) is 3.42. The van der Waals surface area contributed by atoms with Crippen LogP contribution in [0.5, 0.6) is 0 Å².